The van der Waals surface area contributed by atoms with Crippen LogP contribution in [0.25, 0.3) is 0 Å². The number of nitrogens with one attached hydrogen (secondary N) is 1. The molecule has 0 aliphatic carbocycles. The maximum absolute atomic E-state index is 13.3. The van der Waals surface area contributed by atoms with Crippen LogP contribution in [0.3, 0.4) is 0 Å². The summed E-state index contributed by atoms with van der Waals surface area (Å²) >= 11 is 3.45. The highest BCUT2D eigenvalue weighted by molar-refractivity contribution is 9.10. The van der Waals surface area contributed by atoms with Gasteiger partial charge in [-0.1, -0.05) is 47.5 Å². The third kappa shape index (κ3) is 9.13. The number of hydrogen-bond donors (Lipinski definition) is 1. The number of benzene rings is 2. The average molecular weight is 583 g/mol. The molecule has 8 nitrogen and oxygen atoms in total. The Kier molecular flexibility index (Phi) is 11.7. The molecular formula is C26H36BrN3O5S. The van der Waals surface area contributed by atoms with Crippen molar-refractivity contribution < 1.29 is 22.7 Å². The molecule has 1 N–H and O–H groups in total. The first-order valence-electron chi connectivity index (χ1n) is 12.0. The van der Waals surface area contributed by atoms with Gasteiger partial charge in [0.05, 0.1) is 19.1 Å². The average Bonchev–Trinajstić information content (AvgIpc) is 2.84. The molecule has 0 aliphatic heterocycles. The molecule has 0 fully saturated rings. The van der Waals surface area contributed by atoms with Gasteiger partial charge in [0.15, 0.2) is 0 Å². The summed E-state index contributed by atoms with van der Waals surface area (Å²) in [5.41, 5.74) is 1.36. The van der Waals surface area contributed by atoms with Crippen LogP contribution in [0.4, 0.5) is 5.69 Å². The lowest BCUT2D eigenvalue weighted by Gasteiger charge is -2.29. The molecule has 0 bridgehead atoms. The third-order valence-electron chi connectivity index (χ3n) is 5.73. The molecule has 0 spiro atoms. The Labute approximate surface area is 223 Å². The van der Waals surface area contributed by atoms with Gasteiger partial charge in [-0.15, -0.1) is 0 Å². The number of carbonyl (C=O) groups is 2. The van der Waals surface area contributed by atoms with Crippen molar-refractivity contribution in [3.8, 4) is 5.75 Å². The molecule has 0 aliphatic rings. The Morgan fingerprint density at radius 3 is 2.47 bits per heavy atom. The van der Waals surface area contributed by atoms with Gasteiger partial charge in [-0.3, -0.25) is 13.9 Å². The first-order chi connectivity index (χ1) is 17.1. The Morgan fingerprint density at radius 1 is 1.11 bits per heavy atom. The van der Waals surface area contributed by atoms with E-state index >= 15 is 0 Å². The molecule has 2 aromatic carbocycles. The number of hydrogen-bond acceptors (Lipinski definition) is 5. The summed E-state index contributed by atoms with van der Waals surface area (Å²) in [5, 5.41) is 2.90. The van der Waals surface area contributed by atoms with Gasteiger partial charge >= 0.3 is 0 Å². The molecule has 0 aromatic heterocycles. The summed E-state index contributed by atoms with van der Waals surface area (Å²) in [5.74, 6) is 0.119. The molecule has 198 valence electrons. The number of rotatable bonds is 14. The number of ether oxygens (including phenoxy) is 1. The van der Waals surface area contributed by atoms with Crippen molar-refractivity contribution in [3.63, 3.8) is 0 Å². The van der Waals surface area contributed by atoms with E-state index in [1.807, 2.05) is 31.2 Å². The molecule has 2 rings (SSSR count). The van der Waals surface area contributed by atoms with Crippen molar-refractivity contribution in [2.75, 3.05) is 30.8 Å². The van der Waals surface area contributed by atoms with Gasteiger partial charge in [0.1, 0.15) is 11.8 Å². The zero-order valence-corrected chi connectivity index (χ0v) is 23.8. The number of methoxy groups -OCH3 is 1. The fraction of sp³-hybridized carbons (Fsp3) is 0.462. The maximum atomic E-state index is 13.3. The summed E-state index contributed by atoms with van der Waals surface area (Å²) < 4.78 is 32.3. The van der Waals surface area contributed by atoms with Gasteiger partial charge in [0, 0.05) is 36.6 Å². The summed E-state index contributed by atoms with van der Waals surface area (Å²) in [6, 6.07) is 13.7. The highest BCUT2D eigenvalue weighted by atomic mass is 79.9. The number of sulfonamides is 1. The minimum atomic E-state index is -3.57. The predicted octanol–water partition coefficient (Wildman–Crippen LogP) is 4.34. The molecule has 2 amide bonds. The lowest BCUT2D eigenvalue weighted by molar-refractivity contribution is -0.140. The van der Waals surface area contributed by atoms with Gasteiger partial charge in [-0.05, 0) is 49.6 Å². The van der Waals surface area contributed by atoms with E-state index in [4.69, 9.17) is 4.74 Å². The van der Waals surface area contributed by atoms with Crippen LogP contribution in [-0.4, -0.2) is 57.6 Å². The number of carbonyl (C=O) groups excluding carboxylic acids is 2. The number of amides is 2. The lowest BCUT2D eigenvalue weighted by Crippen LogP contribution is -2.48. The van der Waals surface area contributed by atoms with Crippen molar-refractivity contribution in [3.05, 3.63) is 58.6 Å². The van der Waals surface area contributed by atoms with Crippen molar-refractivity contribution in [1.82, 2.24) is 10.2 Å². The van der Waals surface area contributed by atoms with E-state index in [0.29, 0.717) is 24.4 Å². The van der Waals surface area contributed by atoms with Gasteiger partial charge in [-0.2, -0.15) is 0 Å². The lowest BCUT2D eigenvalue weighted by atomic mass is 10.1. The summed E-state index contributed by atoms with van der Waals surface area (Å²) in [6.45, 7) is 4.72. The number of nitrogens with zero attached hydrogens (tertiary/aromatic N) is 2. The highest BCUT2D eigenvalue weighted by Crippen LogP contribution is 2.24. The third-order valence-corrected chi connectivity index (χ3v) is 7.42. The largest absolute Gasteiger partial charge is 0.497 e. The van der Waals surface area contributed by atoms with Crippen molar-refractivity contribution in [1.29, 1.82) is 0 Å². The fourth-order valence-corrected chi connectivity index (χ4v) is 5.12. The van der Waals surface area contributed by atoms with Crippen LogP contribution in [0.2, 0.25) is 0 Å². The number of anilines is 1. The molecule has 0 saturated heterocycles. The van der Waals surface area contributed by atoms with Crippen LogP contribution in [0.5, 0.6) is 5.75 Å². The van der Waals surface area contributed by atoms with Crippen LogP contribution in [0.1, 0.15) is 45.1 Å². The van der Waals surface area contributed by atoms with Crippen LogP contribution >= 0.6 is 15.9 Å². The molecule has 10 heteroatoms. The molecule has 0 radical (unpaired) electrons. The first-order valence-corrected chi connectivity index (χ1v) is 14.6. The zero-order valence-electron chi connectivity index (χ0n) is 21.4. The van der Waals surface area contributed by atoms with Crippen LogP contribution < -0.4 is 14.4 Å². The van der Waals surface area contributed by atoms with Crippen LogP contribution in [0.15, 0.2) is 53.0 Å². The summed E-state index contributed by atoms with van der Waals surface area (Å²) in [6.07, 6.45) is 3.35. The van der Waals surface area contributed by atoms with Gasteiger partial charge in [0.25, 0.3) is 0 Å². The minimum absolute atomic E-state index is 0.0938. The SMILES string of the molecule is CCCCNC(=O)[C@@H](C)N(Cc1cccc(Br)c1)C(=O)CCCN(c1cccc(OC)c1)S(C)(=O)=O. The quantitative estimate of drug-likeness (QED) is 0.335. The molecule has 0 unspecified atom stereocenters. The summed E-state index contributed by atoms with van der Waals surface area (Å²) in [4.78, 5) is 27.6. The predicted molar refractivity (Wildman–Crippen MR) is 146 cm³/mol. The van der Waals surface area contributed by atoms with Gasteiger partial charge in [0.2, 0.25) is 21.8 Å². The van der Waals surface area contributed by atoms with E-state index in [2.05, 4.69) is 21.2 Å². The smallest absolute Gasteiger partial charge is 0.242 e. The topological polar surface area (TPSA) is 96.0 Å². The van der Waals surface area contributed by atoms with Crippen LogP contribution in [0, 0.1) is 0 Å². The van der Waals surface area contributed by atoms with E-state index in [1.165, 1.54) is 11.4 Å². The molecule has 1 atom stereocenters. The van der Waals surface area contributed by atoms with Crippen molar-refractivity contribution >= 4 is 43.5 Å². The van der Waals surface area contributed by atoms with Crippen LogP contribution in [-0.2, 0) is 26.2 Å². The maximum Gasteiger partial charge on any atom is 0.242 e. The van der Waals surface area contributed by atoms with Crippen molar-refractivity contribution in [2.24, 2.45) is 0 Å². The van der Waals surface area contributed by atoms with E-state index in [9.17, 15) is 18.0 Å². The second-order valence-electron chi connectivity index (χ2n) is 8.61. The summed E-state index contributed by atoms with van der Waals surface area (Å²) in [7, 11) is -2.06. The molecule has 2 aromatic rings. The van der Waals surface area contributed by atoms with E-state index in [1.54, 1.807) is 36.1 Å². The van der Waals surface area contributed by atoms with E-state index < -0.39 is 16.1 Å². The van der Waals surface area contributed by atoms with Gasteiger partial charge < -0.3 is 15.0 Å². The van der Waals surface area contributed by atoms with Crippen molar-refractivity contribution in [2.45, 2.75) is 52.1 Å². The Morgan fingerprint density at radius 2 is 1.83 bits per heavy atom. The first kappa shape index (κ1) is 29.6. The fourth-order valence-electron chi connectivity index (χ4n) is 3.72. The second kappa shape index (κ2) is 14.2. The highest BCUT2D eigenvalue weighted by Gasteiger charge is 2.26. The molecule has 0 heterocycles. The molecular weight excluding hydrogens is 546 g/mol. The zero-order chi connectivity index (χ0) is 26.7. The van der Waals surface area contributed by atoms with Gasteiger partial charge in [-0.25, -0.2) is 8.42 Å². The van der Waals surface area contributed by atoms with E-state index in [-0.39, 0.29) is 31.3 Å². The minimum Gasteiger partial charge on any atom is -0.497 e. The Bertz CT molecular complexity index is 1130. The Balaban J connectivity index is 2.16. The normalized spacial score (nSPS) is 12.0. The molecule has 36 heavy (non-hydrogen) atoms. The second-order valence-corrected chi connectivity index (χ2v) is 11.4. The monoisotopic (exact) mass is 581 g/mol. The Hall–Kier alpha value is -2.59. The number of halogens is 1. The standard InChI is InChI=1S/C26H36BrN3O5S/c1-5-6-15-28-26(32)20(2)29(19-21-10-7-11-22(27)17-21)25(31)14-9-16-30(36(4,33)34)23-12-8-13-24(18-23)35-3/h7-8,10-13,17-18,20H,5-6,9,14-16,19H2,1-4H3,(H,28,32)/t20-/m1/s1. The molecule has 0 saturated carbocycles. The van der Waals surface area contributed by atoms with E-state index in [0.717, 1.165) is 29.1 Å². The number of unbranched alkanes of at least 4 members (excludes halogenated alkanes) is 1.